The zero-order valence-electron chi connectivity index (χ0n) is 16.3. The largest absolute Gasteiger partial charge is 0.411 e. The predicted molar refractivity (Wildman–Crippen MR) is 103 cm³/mol. The molecule has 28 heavy (non-hydrogen) atoms. The molecule has 156 valence electrons. The van der Waals surface area contributed by atoms with Gasteiger partial charge in [-0.05, 0) is 43.5 Å². The molecule has 1 unspecified atom stereocenters. The Morgan fingerprint density at radius 3 is 2.68 bits per heavy atom. The van der Waals surface area contributed by atoms with Crippen LogP contribution in [0.2, 0.25) is 0 Å². The Labute approximate surface area is 164 Å². The summed E-state index contributed by atoms with van der Waals surface area (Å²) < 4.78 is 41.4. The van der Waals surface area contributed by atoms with Crippen molar-refractivity contribution < 1.29 is 17.9 Å². The smallest absolute Gasteiger partial charge is 0.367 e. The third-order valence-electron chi connectivity index (χ3n) is 5.31. The van der Waals surface area contributed by atoms with Crippen LogP contribution in [0.3, 0.4) is 0 Å². The Hall–Kier alpha value is -1.80. The number of nitrogens with zero attached hydrogens (tertiary/aromatic N) is 3. The van der Waals surface area contributed by atoms with E-state index in [0.29, 0.717) is 12.6 Å². The third-order valence-corrected chi connectivity index (χ3v) is 5.31. The number of alkyl halides is 3. The van der Waals surface area contributed by atoms with Crippen LogP contribution in [-0.2, 0) is 17.9 Å². The number of benzene rings is 1. The maximum absolute atomic E-state index is 12.2. The highest BCUT2D eigenvalue weighted by atomic mass is 19.4. The van der Waals surface area contributed by atoms with Crippen molar-refractivity contribution >= 4 is 5.96 Å². The Bertz CT molecular complexity index is 659. The molecule has 5 nitrogen and oxygen atoms in total. The van der Waals surface area contributed by atoms with E-state index >= 15 is 0 Å². The molecule has 3 rings (SSSR count). The van der Waals surface area contributed by atoms with Gasteiger partial charge in [-0.25, -0.2) is 0 Å². The van der Waals surface area contributed by atoms with Gasteiger partial charge >= 0.3 is 6.18 Å². The fourth-order valence-corrected chi connectivity index (χ4v) is 3.97. The average molecular weight is 398 g/mol. The molecule has 0 spiro atoms. The van der Waals surface area contributed by atoms with Crippen molar-refractivity contribution in [2.45, 2.75) is 44.6 Å². The number of hydrogen-bond donors (Lipinski definition) is 1. The molecule has 8 heteroatoms. The average Bonchev–Trinajstić information content (AvgIpc) is 3.33. The van der Waals surface area contributed by atoms with E-state index in [0.717, 1.165) is 36.6 Å². The molecular formula is C20H29F3N4O. The lowest BCUT2D eigenvalue weighted by Crippen LogP contribution is -2.42. The minimum atomic E-state index is -4.30. The maximum atomic E-state index is 12.2. The van der Waals surface area contributed by atoms with E-state index in [-0.39, 0.29) is 6.61 Å². The molecule has 2 saturated heterocycles. The van der Waals surface area contributed by atoms with Crippen LogP contribution in [0.5, 0.6) is 0 Å². The topological polar surface area (TPSA) is 40.1 Å². The van der Waals surface area contributed by atoms with Crippen LogP contribution in [0.4, 0.5) is 13.2 Å². The van der Waals surface area contributed by atoms with Crippen molar-refractivity contribution in [2.24, 2.45) is 4.99 Å². The van der Waals surface area contributed by atoms with Gasteiger partial charge in [-0.3, -0.25) is 9.89 Å². The molecule has 1 aromatic rings. The minimum absolute atomic E-state index is 0.0499. The van der Waals surface area contributed by atoms with Crippen LogP contribution in [0.25, 0.3) is 0 Å². The summed E-state index contributed by atoms with van der Waals surface area (Å²) >= 11 is 0. The molecule has 0 radical (unpaired) electrons. The summed E-state index contributed by atoms with van der Waals surface area (Å²) in [4.78, 5) is 9.28. The Kier molecular flexibility index (Phi) is 7.18. The molecule has 0 aromatic heterocycles. The molecular weight excluding hydrogens is 369 g/mol. The third kappa shape index (κ3) is 6.10. The molecule has 2 heterocycles. The summed E-state index contributed by atoms with van der Waals surface area (Å²) in [6.07, 6.45) is -0.542. The van der Waals surface area contributed by atoms with Crippen molar-refractivity contribution in [3.05, 3.63) is 35.4 Å². The first-order valence-corrected chi connectivity index (χ1v) is 9.86. The van der Waals surface area contributed by atoms with Gasteiger partial charge in [0.05, 0.1) is 6.61 Å². The van der Waals surface area contributed by atoms with Gasteiger partial charge in [0.2, 0.25) is 0 Å². The van der Waals surface area contributed by atoms with E-state index in [4.69, 9.17) is 4.74 Å². The second kappa shape index (κ2) is 9.60. The molecule has 1 N–H and O–H groups in total. The van der Waals surface area contributed by atoms with E-state index in [2.05, 4.69) is 20.1 Å². The number of guanidine groups is 1. The van der Waals surface area contributed by atoms with E-state index < -0.39 is 12.8 Å². The highest BCUT2D eigenvalue weighted by Crippen LogP contribution is 2.20. The standard InChI is InChI=1S/C20H29F3N4O/c1-24-19(27-10-7-18(13-27)26-8-2-3-9-26)25-12-16-5-4-6-17(11-16)14-28-15-20(21,22)23/h4-6,11,18H,2-3,7-10,12-15H2,1H3,(H,24,25). The lowest BCUT2D eigenvalue weighted by molar-refractivity contribution is -0.176. The van der Waals surface area contributed by atoms with Crippen molar-refractivity contribution in [3.63, 3.8) is 0 Å². The van der Waals surface area contributed by atoms with Gasteiger partial charge in [-0.2, -0.15) is 13.2 Å². The van der Waals surface area contributed by atoms with Crippen molar-refractivity contribution in [3.8, 4) is 0 Å². The zero-order valence-corrected chi connectivity index (χ0v) is 16.3. The van der Waals surface area contributed by atoms with Crippen molar-refractivity contribution in [1.29, 1.82) is 0 Å². The van der Waals surface area contributed by atoms with Crippen LogP contribution < -0.4 is 5.32 Å². The summed E-state index contributed by atoms with van der Waals surface area (Å²) in [7, 11) is 1.78. The monoisotopic (exact) mass is 398 g/mol. The number of halogens is 3. The SMILES string of the molecule is CN=C(NCc1cccc(COCC(F)(F)F)c1)N1CCC(N2CCCC2)C1. The van der Waals surface area contributed by atoms with Gasteiger partial charge in [0.25, 0.3) is 0 Å². The normalized spacial score (nSPS) is 21.5. The van der Waals surface area contributed by atoms with Gasteiger partial charge in [-0.15, -0.1) is 0 Å². The summed E-state index contributed by atoms with van der Waals surface area (Å²) in [5.41, 5.74) is 1.72. The van der Waals surface area contributed by atoms with Crippen LogP contribution in [0.1, 0.15) is 30.4 Å². The minimum Gasteiger partial charge on any atom is -0.367 e. The van der Waals surface area contributed by atoms with E-state index in [1.54, 1.807) is 13.1 Å². The molecule has 0 bridgehead atoms. The first kappa shape index (κ1) is 20.9. The van der Waals surface area contributed by atoms with Gasteiger partial charge in [0.1, 0.15) is 6.61 Å². The number of ether oxygens (including phenoxy) is 1. The molecule has 1 atom stereocenters. The summed E-state index contributed by atoms with van der Waals surface area (Å²) in [6.45, 7) is 3.68. The molecule has 2 aliphatic heterocycles. The summed E-state index contributed by atoms with van der Waals surface area (Å²) in [5, 5.41) is 3.38. The van der Waals surface area contributed by atoms with Gasteiger partial charge in [0.15, 0.2) is 5.96 Å². The predicted octanol–water partition coefficient (Wildman–Crippen LogP) is 3.01. The van der Waals surface area contributed by atoms with Crippen LogP contribution >= 0.6 is 0 Å². The number of hydrogen-bond acceptors (Lipinski definition) is 3. The number of rotatable bonds is 6. The fourth-order valence-electron chi connectivity index (χ4n) is 3.97. The maximum Gasteiger partial charge on any atom is 0.411 e. The van der Waals surface area contributed by atoms with Crippen LogP contribution in [0.15, 0.2) is 29.3 Å². The zero-order chi connectivity index (χ0) is 20.0. The fraction of sp³-hybridized carbons (Fsp3) is 0.650. The van der Waals surface area contributed by atoms with Crippen molar-refractivity contribution in [2.75, 3.05) is 39.8 Å². The molecule has 0 saturated carbocycles. The molecule has 2 fully saturated rings. The first-order chi connectivity index (χ1) is 13.4. The molecule has 2 aliphatic rings. The Morgan fingerprint density at radius 1 is 1.21 bits per heavy atom. The first-order valence-electron chi connectivity index (χ1n) is 9.86. The van der Waals surface area contributed by atoms with Gasteiger partial charge in [0, 0.05) is 32.7 Å². The molecule has 1 aromatic carbocycles. The number of aliphatic imine (C=N–C) groups is 1. The van der Waals surface area contributed by atoms with E-state index in [1.807, 2.05) is 18.2 Å². The van der Waals surface area contributed by atoms with Crippen LogP contribution in [0, 0.1) is 0 Å². The highest BCUT2D eigenvalue weighted by Gasteiger charge is 2.30. The lowest BCUT2D eigenvalue weighted by Gasteiger charge is -2.25. The van der Waals surface area contributed by atoms with Gasteiger partial charge in [-0.1, -0.05) is 24.3 Å². The van der Waals surface area contributed by atoms with Crippen LogP contribution in [-0.4, -0.2) is 67.8 Å². The van der Waals surface area contributed by atoms with Crippen molar-refractivity contribution in [1.82, 2.24) is 15.1 Å². The number of nitrogens with one attached hydrogen (secondary N) is 1. The second-order valence-electron chi connectivity index (χ2n) is 7.46. The Morgan fingerprint density at radius 2 is 1.96 bits per heavy atom. The highest BCUT2D eigenvalue weighted by molar-refractivity contribution is 5.80. The molecule has 0 amide bonds. The quantitative estimate of drug-likeness (QED) is 0.591. The van der Waals surface area contributed by atoms with E-state index in [1.165, 1.54) is 25.9 Å². The summed E-state index contributed by atoms with van der Waals surface area (Å²) in [6, 6.07) is 8.04. The molecule has 0 aliphatic carbocycles. The number of likely N-dealkylation sites (tertiary alicyclic amines) is 2. The van der Waals surface area contributed by atoms with Gasteiger partial charge < -0.3 is 15.0 Å². The lowest BCUT2D eigenvalue weighted by atomic mass is 10.1. The Balaban J connectivity index is 1.48. The summed E-state index contributed by atoms with van der Waals surface area (Å²) in [5.74, 6) is 0.875. The van der Waals surface area contributed by atoms with E-state index in [9.17, 15) is 13.2 Å². The second-order valence-corrected chi connectivity index (χ2v) is 7.46.